The van der Waals surface area contributed by atoms with Crippen LogP contribution in [0.25, 0.3) is 0 Å². The van der Waals surface area contributed by atoms with Gasteiger partial charge in [-0.1, -0.05) is 29.8 Å². The summed E-state index contributed by atoms with van der Waals surface area (Å²) in [6.07, 6.45) is 1.04. The van der Waals surface area contributed by atoms with E-state index in [2.05, 4.69) is 49.6 Å². The van der Waals surface area contributed by atoms with Crippen LogP contribution in [-0.2, 0) is 6.42 Å². The third kappa shape index (κ3) is 2.96. The van der Waals surface area contributed by atoms with Crippen LogP contribution >= 0.6 is 11.3 Å². The van der Waals surface area contributed by atoms with Gasteiger partial charge in [0.1, 0.15) is 0 Å². The van der Waals surface area contributed by atoms with Crippen LogP contribution < -0.4 is 5.73 Å². The quantitative estimate of drug-likeness (QED) is 0.874. The number of hydrogen-bond donors (Lipinski definition) is 1. The van der Waals surface area contributed by atoms with Crippen molar-refractivity contribution in [2.45, 2.75) is 26.2 Å². The van der Waals surface area contributed by atoms with Crippen molar-refractivity contribution in [3.05, 3.63) is 57.3 Å². The van der Waals surface area contributed by atoms with E-state index in [-0.39, 0.29) is 0 Å². The number of aryl methyl sites for hydroxylation is 2. The van der Waals surface area contributed by atoms with Gasteiger partial charge in [0, 0.05) is 17.3 Å². The number of rotatable bonds is 4. The second-order valence-corrected chi connectivity index (χ2v) is 5.56. The smallest absolute Gasteiger partial charge is 0.00959 e. The molecule has 0 aliphatic rings. The molecular formula is C15H19NS. The van der Waals surface area contributed by atoms with E-state index in [1.165, 1.54) is 21.6 Å². The van der Waals surface area contributed by atoms with Gasteiger partial charge in [-0.05, 0) is 42.8 Å². The Bertz CT molecular complexity index is 474. The van der Waals surface area contributed by atoms with Gasteiger partial charge in [-0.2, -0.15) is 0 Å². The number of benzene rings is 1. The van der Waals surface area contributed by atoms with Gasteiger partial charge in [-0.3, -0.25) is 0 Å². The van der Waals surface area contributed by atoms with Crippen LogP contribution in [0.5, 0.6) is 0 Å². The lowest BCUT2D eigenvalue weighted by atomic mass is 9.94. The van der Waals surface area contributed by atoms with E-state index in [0.29, 0.717) is 12.5 Å². The maximum absolute atomic E-state index is 5.90. The Balaban J connectivity index is 2.19. The zero-order chi connectivity index (χ0) is 12.3. The Morgan fingerprint density at radius 3 is 2.65 bits per heavy atom. The van der Waals surface area contributed by atoms with Crippen LogP contribution in [-0.4, -0.2) is 6.54 Å². The van der Waals surface area contributed by atoms with E-state index in [4.69, 9.17) is 5.73 Å². The Labute approximate surface area is 107 Å². The molecule has 0 radical (unpaired) electrons. The van der Waals surface area contributed by atoms with Crippen molar-refractivity contribution in [2.75, 3.05) is 6.54 Å². The zero-order valence-corrected chi connectivity index (χ0v) is 11.3. The first kappa shape index (κ1) is 12.3. The summed E-state index contributed by atoms with van der Waals surface area (Å²) in [7, 11) is 0. The first-order valence-corrected chi connectivity index (χ1v) is 6.88. The monoisotopic (exact) mass is 245 g/mol. The van der Waals surface area contributed by atoms with Crippen LogP contribution in [0.4, 0.5) is 0 Å². The third-order valence-electron chi connectivity index (χ3n) is 3.19. The molecule has 0 saturated heterocycles. The molecule has 0 aliphatic carbocycles. The first-order valence-electron chi connectivity index (χ1n) is 6.00. The summed E-state index contributed by atoms with van der Waals surface area (Å²) in [5, 5.41) is 2.12. The van der Waals surface area contributed by atoms with Gasteiger partial charge in [-0.25, -0.2) is 0 Å². The molecule has 1 atom stereocenters. The van der Waals surface area contributed by atoms with Crippen LogP contribution in [0.3, 0.4) is 0 Å². The van der Waals surface area contributed by atoms with E-state index >= 15 is 0 Å². The SMILES string of the molecule is Cc1ccc(CC(CN)c2cccs2)c(C)c1. The maximum Gasteiger partial charge on any atom is 0.00959 e. The lowest BCUT2D eigenvalue weighted by Crippen LogP contribution is -2.14. The molecule has 17 heavy (non-hydrogen) atoms. The van der Waals surface area contributed by atoms with E-state index in [9.17, 15) is 0 Å². The van der Waals surface area contributed by atoms with E-state index in [1.807, 2.05) is 0 Å². The van der Waals surface area contributed by atoms with Gasteiger partial charge in [0.25, 0.3) is 0 Å². The van der Waals surface area contributed by atoms with Crippen molar-refractivity contribution < 1.29 is 0 Å². The Kier molecular flexibility index (Phi) is 3.97. The van der Waals surface area contributed by atoms with Gasteiger partial charge in [-0.15, -0.1) is 11.3 Å². The fourth-order valence-corrected chi connectivity index (χ4v) is 3.01. The second-order valence-electron chi connectivity index (χ2n) is 4.58. The number of thiophene rings is 1. The van der Waals surface area contributed by atoms with Crippen LogP contribution in [0, 0.1) is 13.8 Å². The summed E-state index contributed by atoms with van der Waals surface area (Å²) in [6, 6.07) is 11.0. The second kappa shape index (κ2) is 5.48. The van der Waals surface area contributed by atoms with Crippen molar-refractivity contribution >= 4 is 11.3 Å². The Morgan fingerprint density at radius 1 is 1.24 bits per heavy atom. The summed E-state index contributed by atoms with van der Waals surface area (Å²) >= 11 is 1.80. The molecule has 1 aromatic carbocycles. The fourth-order valence-electron chi connectivity index (χ4n) is 2.16. The molecular weight excluding hydrogens is 226 g/mol. The van der Waals surface area contributed by atoms with Crippen molar-refractivity contribution in [1.29, 1.82) is 0 Å². The number of nitrogens with two attached hydrogens (primary N) is 1. The van der Waals surface area contributed by atoms with E-state index in [1.54, 1.807) is 11.3 Å². The minimum absolute atomic E-state index is 0.455. The molecule has 2 heteroatoms. The molecule has 1 aromatic heterocycles. The lowest BCUT2D eigenvalue weighted by Gasteiger charge is -2.15. The fraction of sp³-hybridized carbons (Fsp3) is 0.333. The largest absolute Gasteiger partial charge is 0.330 e. The van der Waals surface area contributed by atoms with Crippen LogP contribution in [0.1, 0.15) is 27.5 Å². The molecule has 1 heterocycles. The summed E-state index contributed by atoms with van der Waals surface area (Å²) < 4.78 is 0. The summed E-state index contributed by atoms with van der Waals surface area (Å²) in [5.41, 5.74) is 10.0. The van der Waals surface area contributed by atoms with Crippen molar-refractivity contribution in [3.63, 3.8) is 0 Å². The zero-order valence-electron chi connectivity index (χ0n) is 10.4. The lowest BCUT2D eigenvalue weighted by molar-refractivity contribution is 0.704. The van der Waals surface area contributed by atoms with Crippen LogP contribution in [0.2, 0.25) is 0 Å². The maximum atomic E-state index is 5.90. The number of hydrogen-bond acceptors (Lipinski definition) is 2. The van der Waals surface area contributed by atoms with E-state index < -0.39 is 0 Å². The molecule has 0 spiro atoms. The van der Waals surface area contributed by atoms with Crippen molar-refractivity contribution in [2.24, 2.45) is 5.73 Å². The van der Waals surface area contributed by atoms with Crippen molar-refractivity contribution in [3.8, 4) is 0 Å². The summed E-state index contributed by atoms with van der Waals surface area (Å²) in [6.45, 7) is 5.04. The normalized spacial score (nSPS) is 12.6. The molecule has 0 bridgehead atoms. The van der Waals surface area contributed by atoms with Gasteiger partial charge in [0.15, 0.2) is 0 Å². The topological polar surface area (TPSA) is 26.0 Å². The highest BCUT2D eigenvalue weighted by Gasteiger charge is 2.12. The highest BCUT2D eigenvalue weighted by molar-refractivity contribution is 7.10. The minimum Gasteiger partial charge on any atom is -0.330 e. The van der Waals surface area contributed by atoms with E-state index in [0.717, 1.165) is 6.42 Å². The molecule has 2 aromatic rings. The highest BCUT2D eigenvalue weighted by atomic mass is 32.1. The van der Waals surface area contributed by atoms with Gasteiger partial charge in [0.2, 0.25) is 0 Å². The minimum atomic E-state index is 0.455. The standard InChI is InChI=1S/C15H19NS/c1-11-5-6-13(12(2)8-11)9-14(10-16)15-4-3-7-17-15/h3-8,14H,9-10,16H2,1-2H3. The molecule has 0 fully saturated rings. The molecule has 0 saturated carbocycles. The highest BCUT2D eigenvalue weighted by Crippen LogP contribution is 2.25. The molecule has 90 valence electrons. The summed E-state index contributed by atoms with van der Waals surface area (Å²) in [5.74, 6) is 0.455. The molecule has 1 nitrogen and oxygen atoms in total. The van der Waals surface area contributed by atoms with Gasteiger partial charge < -0.3 is 5.73 Å². The first-order chi connectivity index (χ1) is 8.20. The molecule has 1 unspecified atom stereocenters. The molecule has 2 N–H and O–H groups in total. The average Bonchev–Trinajstić information content (AvgIpc) is 2.81. The Morgan fingerprint density at radius 2 is 2.06 bits per heavy atom. The molecule has 0 aliphatic heterocycles. The Hall–Kier alpha value is -1.12. The predicted octanol–water partition coefficient (Wildman–Crippen LogP) is 3.65. The van der Waals surface area contributed by atoms with Crippen molar-refractivity contribution in [1.82, 2.24) is 0 Å². The van der Waals surface area contributed by atoms with Gasteiger partial charge in [0.05, 0.1) is 0 Å². The predicted molar refractivity (Wildman–Crippen MR) is 75.7 cm³/mol. The molecule has 2 rings (SSSR count). The third-order valence-corrected chi connectivity index (χ3v) is 4.23. The summed E-state index contributed by atoms with van der Waals surface area (Å²) in [4.78, 5) is 1.40. The molecule has 0 amide bonds. The van der Waals surface area contributed by atoms with Gasteiger partial charge >= 0.3 is 0 Å². The van der Waals surface area contributed by atoms with Crippen LogP contribution in [0.15, 0.2) is 35.7 Å². The average molecular weight is 245 g/mol.